The van der Waals surface area contributed by atoms with E-state index >= 15 is 0 Å². The van der Waals surface area contributed by atoms with Gasteiger partial charge < -0.3 is 10.2 Å². The van der Waals surface area contributed by atoms with Crippen molar-refractivity contribution in [1.29, 1.82) is 0 Å². The molecule has 32 heavy (non-hydrogen) atoms. The molecule has 7 heteroatoms. The average molecular weight is 496 g/mol. The van der Waals surface area contributed by atoms with Gasteiger partial charge in [0.1, 0.15) is 6.04 Å². The second kappa shape index (κ2) is 13.8. The summed E-state index contributed by atoms with van der Waals surface area (Å²) in [7, 11) is 0. The first kappa shape index (κ1) is 26.6. The molecule has 0 aromatic heterocycles. The molecule has 0 saturated carbocycles. The lowest BCUT2D eigenvalue weighted by atomic mass is 10.1. The molecule has 0 unspecified atom stereocenters. The fraction of sp³-hybridized carbons (Fsp3) is 0.440. The maximum absolute atomic E-state index is 13.2. The van der Waals surface area contributed by atoms with E-state index in [1.54, 1.807) is 23.1 Å². The van der Waals surface area contributed by atoms with E-state index < -0.39 is 6.04 Å². The summed E-state index contributed by atoms with van der Waals surface area (Å²) in [6.45, 7) is 7.13. The van der Waals surface area contributed by atoms with Crippen LogP contribution in [0.4, 0.5) is 0 Å². The van der Waals surface area contributed by atoms with E-state index in [1.165, 1.54) is 11.8 Å². The van der Waals surface area contributed by atoms with Gasteiger partial charge in [-0.2, -0.15) is 0 Å². The third-order valence-electron chi connectivity index (χ3n) is 5.09. The van der Waals surface area contributed by atoms with Crippen LogP contribution in [0.2, 0.25) is 10.0 Å². The lowest BCUT2D eigenvalue weighted by Crippen LogP contribution is -2.51. The van der Waals surface area contributed by atoms with Gasteiger partial charge in [0.15, 0.2) is 0 Å². The first-order chi connectivity index (χ1) is 15.3. The van der Waals surface area contributed by atoms with Crippen molar-refractivity contribution in [3.05, 3.63) is 69.7 Å². The van der Waals surface area contributed by atoms with E-state index in [-0.39, 0.29) is 17.6 Å². The number of amides is 2. The number of halogens is 2. The third-order valence-corrected chi connectivity index (χ3v) is 6.74. The van der Waals surface area contributed by atoms with E-state index in [1.807, 2.05) is 37.3 Å². The molecule has 2 amide bonds. The van der Waals surface area contributed by atoms with Crippen molar-refractivity contribution in [2.45, 2.75) is 45.4 Å². The Bertz CT molecular complexity index is 857. The summed E-state index contributed by atoms with van der Waals surface area (Å²) in [4.78, 5) is 27.8. The van der Waals surface area contributed by atoms with Crippen LogP contribution in [0.25, 0.3) is 0 Å². The van der Waals surface area contributed by atoms with Gasteiger partial charge in [-0.15, -0.1) is 11.8 Å². The zero-order valence-corrected chi connectivity index (χ0v) is 21.3. The van der Waals surface area contributed by atoms with Crippen molar-refractivity contribution in [2.75, 3.05) is 18.8 Å². The molecule has 0 aliphatic rings. The van der Waals surface area contributed by atoms with Crippen LogP contribution < -0.4 is 5.32 Å². The second-order valence-electron chi connectivity index (χ2n) is 8.08. The highest BCUT2D eigenvalue weighted by Crippen LogP contribution is 2.28. The van der Waals surface area contributed by atoms with Gasteiger partial charge in [-0.3, -0.25) is 9.59 Å². The van der Waals surface area contributed by atoms with E-state index in [0.29, 0.717) is 47.6 Å². The number of nitrogens with one attached hydrogen (secondary N) is 1. The van der Waals surface area contributed by atoms with Crippen molar-refractivity contribution >= 4 is 46.8 Å². The molecule has 0 saturated heterocycles. The van der Waals surface area contributed by atoms with Gasteiger partial charge in [-0.25, -0.2) is 0 Å². The zero-order chi connectivity index (χ0) is 23.5. The van der Waals surface area contributed by atoms with Crippen molar-refractivity contribution in [3.8, 4) is 0 Å². The molecule has 1 N–H and O–H groups in total. The zero-order valence-electron chi connectivity index (χ0n) is 18.9. The highest BCUT2D eigenvalue weighted by atomic mass is 35.5. The molecule has 0 aliphatic heterocycles. The minimum atomic E-state index is -0.491. The van der Waals surface area contributed by atoms with Crippen LogP contribution >= 0.6 is 35.0 Å². The summed E-state index contributed by atoms with van der Waals surface area (Å²) in [6, 6.07) is 14.9. The number of thioether (sulfide) groups is 1. The van der Waals surface area contributed by atoms with Crippen LogP contribution in [0.5, 0.6) is 0 Å². The molecule has 0 fully saturated rings. The second-order valence-corrected chi connectivity index (χ2v) is 9.88. The number of hydrogen-bond acceptors (Lipinski definition) is 3. The van der Waals surface area contributed by atoms with Gasteiger partial charge in [0.05, 0.1) is 5.75 Å². The van der Waals surface area contributed by atoms with Crippen molar-refractivity contribution in [3.63, 3.8) is 0 Å². The smallest absolute Gasteiger partial charge is 0.242 e. The van der Waals surface area contributed by atoms with Gasteiger partial charge in [0, 0.05) is 28.9 Å². The van der Waals surface area contributed by atoms with E-state index in [4.69, 9.17) is 23.2 Å². The van der Waals surface area contributed by atoms with Crippen LogP contribution in [0.1, 0.15) is 38.3 Å². The predicted molar refractivity (Wildman–Crippen MR) is 136 cm³/mol. The Balaban J connectivity index is 2.08. The number of nitrogens with zero attached hydrogens (tertiary/aromatic N) is 1. The average Bonchev–Trinajstić information content (AvgIpc) is 2.77. The van der Waals surface area contributed by atoms with Crippen LogP contribution in [0.3, 0.4) is 0 Å². The molecule has 2 aromatic rings. The van der Waals surface area contributed by atoms with Crippen LogP contribution in [-0.4, -0.2) is 41.6 Å². The minimum absolute atomic E-state index is 0.0549. The standard InChI is InChI=1S/C25H32Cl2N2O2S/c1-4-23(25(31)28-15-18(2)3)29(14-13-19-9-6-5-7-10-19)24(30)17-32-16-20-21(26)11-8-12-22(20)27/h5-12,18,23H,4,13-17H2,1-3H3,(H,28,31)/t23-/m1/s1. The summed E-state index contributed by atoms with van der Waals surface area (Å²) < 4.78 is 0. The maximum atomic E-state index is 13.2. The van der Waals surface area contributed by atoms with Gasteiger partial charge >= 0.3 is 0 Å². The molecule has 0 aliphatic carbocycles. The van der Waals surface area contributed by atoms with Crippen molar-refractivity contribution in [1.82, 2.24) is 10.2 Å². The molecule has 0 bridgehead atoms. The minimum Gasteiger partial charge on any atom is -0.354 e. The third kappa shape index (κ3) is 8.34. The largest absolute Gasteiger partial charge is 0.354 e. The number of hydrogen-bond donors (Lipinski definition) is 1. The normalized spacial score (nSPS) is 11.9. The predicted octanol–water partition coefficient (Wildman–Crippen LogP) is 5.85. The highest BCUT2D eigenvalue weighted by molar-refractivity contribution is 7.99. The maximum Gasteiger partial charge on any atom is 0.242 e. The number of rotatable bonds is 12. The number of carbonyl (C=O) groups is 2. The molecule has 2 aromatic carbocycles. The molecule has 0 spiro atoms. The molecule has 0 radical (unpaired) electrons. The van der Waals surface area contributed by atoms with Gasteiger partial charge in [0.25, 0.3) is 0 Å². The highest BCUT2D eigenvalue weighted by Gasteiger charge is 2.28. The fourth-order valence-electron chi connectivity index (χ4n) is 3.31. The Morgan fingerprint density at radius 3 is 2.28 bits per heavy atom. The summed E-state index contributed by atoms with van der Waals surface area (Å²) in [6.07, 6.45) is 1.26. The SMILES string of the molecule is CC[C@H](C(=O)NCC(C)C)N(CCc1ccccc1)C(=O)CSCc1c(Cl)cccc1Cl. The van der Waals surface area contributed by atoms with E-state index in [2.05, 4.69) is 19.2 Å². The summed E-state index contributed by atoms with van der Waals surface area (Å²) >= 11 is 14.0. The number of benzene rings is 2. The Labute approximate surface area is 206 Å². The lowest BCUT2D eigenvalue weighted by molar-refractivity contribution is -0.138. The van der Waals surface area contributed by atoms with Gasteiger partial charge in [-0.05, 0) is 42.0 Å². The van der Waals surface area contributed by atoms with Crippen molar-refractivity contribution < 1.29 is 9.59 Å². The molecule has 4 nitrogen and oxygen atoms in total. The number of carbonyl (C=O) groups excluding carboxylic acids is 2. The van der Waals surface area contributed by atoms with Crippen LogP contribution in [0.15, 0.2) is 48.5 Å². The first-order valence-corrected chi connectivity index (χ1v) is 12.9. The Morgan fingerprint density at radius 1 is 1.03 bits per heavy atom. The Morgan fingerprint density at radius 2 is 1.69 bits per heavy atom. The van der Waals surface area contributed by atoms with Crippen molar-refractivity contribution in [2.24, 2.45) is 5.92 Å². The van der Waals surface area contributed by atoms with E-state index in [9.17, 15) is 9.59 Å². The summed E-state index contributed by atoms with van der Waals surface area (Å²) in [5.41, 5.74) is 1.96. The monoisotopic (exact) mass is 494 g/mol. The molecular formula is C25H32Cl2N2O2S. The van der Waals surface area contributed by atoms with Gasteiger partial charge in [0.2, 0.25) is 11.8 Å². The Hall–Kier alpha value is -1.69. The molecule has 174 valence electrons. The Kier molecular flexibility index (Phi) is 11.4. The molecule has 2 rings (SSSR count). The van der Waals surface area contributed by atoms with E-state index in [0.717, 1.165) is 11.1 Å². The molecule has 1 atom stereocenters. The summed E-state index contributed by atoms with van der Waals surface area (Å²) in [5.74, 6) is 0.987. The van der Waals surface area contributed by atoms with Crippen LogP contribution in [0, 0.1) is 5.92 Å². The summed E-state index contributed by atoms with van der Waals surface area (Å²) in [5, 5.41) is 4.18. The first-order valence-electron chi connectivity index (χ1n) is 10.9. The topological polar surface area (TPSA) is 49.4 Å². The quantitative estimate of drug-likeness (QED) is 0.402. The van der Waals surface area contributed by atoms with Crippen LogP contribution in [-0.2, 0) is 21.8 Å². The molecule has 0 heterocycles. The van der Waals surface area contributed by atoms with Gasteiger partial charge in [-0.1, -0.05) is 80.4 Å². The lowest BCUT2D eigenvalue weighted by Gasteiger charge is -2.31. The molecular weight excluding hydrogens is 463 g/mol. The fourth-order valence-corrected chi connectivity index (χ4v) is 4.96.